The number of carbonyl (C=O) groups is 2. The highest BCUT2D eigenvalue weighted by Gasteiger charge is 2.27. The Morgan fingerprint density at radius 3 is 2.06 bits per heavy atom. The van der Waals surface area contributed by atoms with Crippen molar-refractivity contribution >= 4 is 12.1 Å². The molecular formula is C26H38N4O4. The van der Waals surface area contributed by atoms with Crippen molar-refractivity contribution < 1.29 is 19.4 Å². The van der Waals surface area contributed by atoms with Gasteiger partial charge < -0.3 is 20.5 Å². The molecule has 8 heteroatoms. The average molecular weight is 471 g/mol. The second kappa shape index (κ2) is 13.0. The van der Waals surface area contributed by atoms with Crippen molar-refractivity contribution in [2.45, 2.75) is 71.4 Å². The van der Waals surface area contributed by atoms with Crippen LogP contribution in [0, 0.1) is 0 Å². The van der Waals surface area contributed by atoms with Crippen molar-refractivity contribution in [3.8, 4) is 0 Å². The molecule has 0 unspecified atom stereocenters. The van der Waals surface area contributed by atoms with E-state index in [1.54, 1.807) is 5.01 Å². The summed E-state index contributed by atoms with van der Waals surface area (Å²) in [5, 5.41) is 18.4. The highest BCUT2D eigenvalue weighted by atomic mass is 16.5. The molecule has 0 spiro atoms. The summed E-state index contributed by atoms with van der Waals surface area (Å²) in [5.74, 6) is 0. The summed E-state index contributed by atoms with van der Waals surface area (Å²) in [4.78, 5) is 24.9. The molecule has 0 aliphatic rings. The second-order valence-electron chi connectivity index (χ2n) is 9.63. The summed E-state index contributed by atoms with van der Waals surface area (Å²) in [6, 6.07) is 17.9. The van der Waals surface area contributed by atoms with Crippen LogP contribution in [0.15, 0.2) is 60.7 Å². The number of urea groups is 1. The molecule has 0 radical (unpaired) electrons. The molecule has 0 aromatic heterocycles. The van der Waals surface area contributed by atoms with Gasteiger partial charge in [0.25, 0.3) is 0 Å². The topological polar surface area (TPSA) is 103 Å². The lowest BCUT2D eigenvalue weighted by molar-refractivity contribution is 0.0427. The molecule has 0 saturated carbocycles. The third-order valence-electron chi connectivity index (χ3n) is 5.02. The number of hydrogen-bond donors (Lipinski definition) is 4. The minimum absolute atomic E-state index is 0.0808. The van der Waals surface area contributed by atoms with Gasteiger partial charge in [-0.05, 0) is 52.2 Å². The fourth-order valence-corrected chi connectivity index (χ4v) is 3.28. The van der Waals surface area contributed by atoms with Crippen LogP contribution in [0.1, 0.15) is 45.7 Å². The molecule has 2 atom stereocenters. The highest BCUT2D eigenvalue weighted by molar-refractivity contribution is 5.74. The summed E-state index contributed by atoms with van der Waals surface area (Å²) in [7, 11) is 0. The molecule has 3 amide bonds. The lowest BCUT2D eigenvalue weighted by Crippen LogP contribution is -2.58. The van der Waals surface area contributed by atoms with Crippen LogP contribution in [0.25, 0.3) is 0 Å². The predicted octanol–water partition coefficient (Wildman–Crippen LogP) is 3.61. The Bertz CT molecular complexity index is 885. The molecular weight excluding hydrogens is 432 g/mol. The van der Waals surface area contributed by atoms with Crippen molar-refractivity contribution in [2.24, 2.45) is 0 Å². The van der Waals surface area contributed by atoms with Crippen molar-refractivity contribution in [3.63, 3.8) is 0 Å². The first-order valence-electron chi connectivity index (χ1n) is 11.6. The van der Waals surface area contributed by atoms with Gasteiger partial charge in [-0.1, -0.05) is 60.7 Å². The van der Waals surface area contributed by atoms with Gasteiger partial charge in [0, 0.05) is 18.1 Å². The molecule has 0 aliphatic carbocycles. The number of alkyl carbamates (subject to hydrolysis) is 1. The molecule has 4 N–H and O–H groups in total. The number of aliphatic hydroxyl groups is 1. The molecule has 0 aliphatic heterocycles. The van der Waals surface area contributed by atoms with E-state index >= 15 is 0 Å². The molecule has 2 aromatic rings. The zero-order chi connectivity index (χ0) is 25.1. The van der Waals surface area contributed by atoms with E-state index in [1.165, 1.54) is 0 Å². The molecule has 0 saturated heterocycles. The van der Waals surface area contributed by atoms with Gasteiger partial charge >= 0.3 is 12.1 Å². The van der Waals surface area contributed by atoms with Crippen molar-refractivity contribution in [2.75, 3.05) is 6.54 Å². The van der Waals surface area contributed by atoms with Gasteiger partial charge in [0.2, 0.25) is 0 Å². The maximum atomic E-state index is 12.5. The van der Waals surface area contributed by atoms with Crippen molar-refractivity contribution in [3.05, 3.63) is 71.8 Å². The van der Waals surface area contributed by atoms with Gasteiger partial charge in [0.05, 0.1) is 12.1 Å². The van der Waals surface area contributed by atoms with Gasteiger partial charge in [-0.25, -0.2) is 14.6 Å². The van der Waals surface area contributed by atoms with E-state index in [0.717, 1.165) is 11.1 Å². The summed E-state index contributed by atoms with van der Waals surface area (Å²) in [5.41, 5.74) is 4.24. The number of hydrazine groups is 1. The highest BCUT2D eigenvalue weighted by Crippen LogP contribution is 2.10. The van der Waals surface area contributed by atoms with Crippen LogP contribution >= 0.6 is 0 Å². The van der Waals surface area contributed by atoms with Crippen LogP contribution in [0.4, 0.5) is 9.59 Å². The Morgan fingerprint density at radius 2 is 1.53 bits per heavy atom. The fourth-order valence-electron chi connectivity index (χ4n) is 3.28. The van der Waals surface area contributed by atoms with E-state index in [9.17, 15) is 14.7 Å². The van der Waals surface area contributed by atoms with Crippen LogP contribution in [-0.4, -0.2) is 52.5 Å². The molecule has 0 heterocycles. The average Bonchev–Trinajstić information content (AvgIpc) is 2.77. The van der Waals surface area contributed by atoms with Crippen LogP contribution in [0.3, 0.4) is 0 Å². The first-order chi connectivity index (χ1) is 16.0. The zero-order valence-corrected chi connectivity index (χ0v) is 20.7. The number of aliphatic hydroxyl groups excluding tert-OH is 1. The van der Waals surface area contributed by atoms with Crippen molar-refractivity contribution in [1.82, 2.24) is 21.1 Å². The molecule has 0 bridgehead atoms. The van der Waals surface area contributed by atoms with Crippen LogP contribution in [0.2, 0.25) is 0 Å². The molecule has 0 fully saturated rings. The number of hydrogen-bond acceptors (Lipinski definition) is 5. The molecule has 2 rings (SSSR count). The van der Waals surface area contributed by atoms with E-state index in [-0.39, 0.29) is 25.2 Å². The first-order valence-corrected chi connectivity index (χ1v) is 11.6. The molecule has 186 valence electrons. The number of benzene rings is 2. The lowest BCUT2D eigenvalue weighted by Gasteiger charge is -2.33. The number of amides is 3. The van der Waals surface area contributed by atoms with Crippen molar-refractivity contribution in [1.29, 1.82) is 0 Å². The number of ether oxygens (including phenoxy) is 1. The van der Waals surface area contributed by atoms with Crippen LogP contribution in [0.5, 0.6) is 0 Å². The summed E-state index contributed by atoms with van der Waals surface area (Å²) in [6.07, 6.45) is -1.18. The predicted molar refractivity (Wildman–Crippen MR) is 133 cm³/mol. The van der Waals surface area contributed by atoms with Gasteiger partial charge in [0.1, 0.15) is 6.61 Å². The zero-order valence-electron chi connectivity index (χ0n) is 20.7. The number of rotatable bonds is 10. The van der Waals surface area contributed by atoms with E-state index in [0.29, 0.717) is 6.42 Å². The number of nitrogens with one attached hydrogen (secondary N) is 3. The lowest BCUT2D eigenvalue weighted by atomic mass is 10.0. The largest absolute Gasteiger partial charge is 0.445 e. The summed E-state index contributed by atoms with van der Waals surface area (Å²) >= 11 is 0. The minimum Gasteiger partial charge on any atom is -0.445 e. The van der Waals surface area contributed by atoms with E-state index < -0.39 is 23.8 Å². The Balaban J connectivity index is 2.06. The van der Waals surface area contributed by atoms with Gasteiger partial charge in [-0.15, -0.1) is 0 Å². The van der Waals surface area contributed by atoms with Gasteiger partial charge in [0.15, 0.2) is 0 Å². The molecule has 34 heavy (non-hydrogen) atoms. The van der Waals surface area contributed by atoms with Gasteiger partial charge in [-0.2, -0.15) is 0 Å². The molecule has 8 nitrogen and oxygen atoms in total. The van der Waals surface area contributed by atoms with E-state index in [1.807, 2.05) is 95.3 Å². The standard InChI is InChI=1S/C26H38N4O4/c1-19(2)30(29-24(32)28-26(3,4)5)17-23(31)22(16-20-12-8-6-9-13-20)27-25(33)34-18-21-14-10-7-11-15-21/h6-15,19,22-23,31H,16-18H2,1-5H3,(H,27,33)(H2,28,29,32)/t22-,23-/m0/s1. The maximum absolute atomic E-state index is 12.5. The Labute approximate surface area is 202 Å². The van der Waals surface area contributed by atoms with Gasteiger partial charge in [-0.3, -0.25) is 5.43 Å². The number of nitrogens with zero attached hydrogens (tertiary/aromatic N) is 1. The Morgan fingerprint density at radius 1 is 0.971 bits per heavy atom. The maximum Gasteiger partial charge on any atom is 0.407 e. The fraction of sp³-hybridized carbons (Fsp3) is 0.462. The van der Waals surface area contributed by atoms with E-state index in [4.69, 9.17) is 4.74 Å². The van der Waals surface area contributed by atoms with E-state index in [2.05, 4.69) is 16.1 Å². The van der Waals surface area contributed by atoms with Crippen LogP contribution < -0.4 is 16.1 Å². The third-order valence-corrected chi connectivity index (χ3v) is 5.02. The number of carbonyl (C=O) groups excluding carboxylic acids is 2. The first kappa shape index (κ1) is 27.1. The summed E-state index contributed by atoms with van der Waals surface area (Å²) in [6.45, 7) is 9.75. The Hall–Kier alpha value is -3.10. The van der Waals surface area contributed by atoms with Crippen LogP contribution in [-0.2, 0) is 17.8 Å². The third kappa shape index (κ3) is 10.2. The molecule has 2 aromatic carbocycles. The second-order valence-corrected chi connectivity index (χ2v) is 9.63. The Kier molecular flexibility index (Phi) is 10.3. The summed E-state index contributed by atoms with van der Waals surface area (Å²) < 4.78 is 5.36. The SMILES string of the molecule is CC(C)N(C[C@H](O)[C@H](Cc1ccccc1)NC(=O)OCc1ccccc1)NC(=O)NC(C)(C)C. The smallest absolute Gasteiger partial charge is 0.407 e. The monoisotopic (exact) mass is 470 g/mol. The quantitative estimate of drug-likeness (QED) is 0.397. The minimum atomic E-state index is -0.971. The normalized spacial score (nSPS) is 13.3.